The Morgan fingerprint density at radius 1 is 1.42 bits per heavy atom. The van der Waals surface area contributed by atoms with Crippen molar-refractivity contribution < 1.29 is 4.74 Å². The van der Waals surface area contributed by atoms with Crippen LogP contribution in [-0.2, 0) is 6.42 Å². The van der Waals surface area contributed by atoms with Gasteiger partial charge >= 0.3 is 6.01 Å². The fourth-order valence-corrected chi connectivity index (χ4v) is 2.35. The van der Waals surface area contributed by atoms with Crippen molar-refractivity contribution in [3.63, 3.8) is 0 Å². The lowest BCUT2D eigenvalue weighted by Gasteiger charge is -2.13. The Morgan fingerprint density at radius 3 is 2.95 bits per heavy atom. The third kappa shape index (κ3) is 4.06. The third-order valence-corrected chi connectivity index (χ3v) is 3.14. The monoisotopic (exact) mass is 279 g/mol. The number of anilines is 2. The average Bonchev–Trinajstić information content (AvgIpc) is 2.81. The summed E-state index contributed by atoms with van der Waals surface area (Å²) in [6.45, 7) is 4.43. The number of ether oxygens (including phenoxy) is 1. The van der Waals surface area contributed by atoms with Crippen LogP contribution in [0.3, 0.4) is 0 Å². The fraction of sp³-hybridized carbons (Fsp3) is 0.417. The molecule has 0 aliphatic rings. The number of nitrogens with one attached hydrogen (secondary N) is 1. The maximum Gasteiger partial charge on any atom is 0.323 e. The molecule has 0 spiro atoms. The van der Waals surface area contributed by atoms with Gasteiger partial charge in [-0.2, -0.15) is 26.3 Å². The molecule has 2 heterocycles. The van der Waals surface area contributed by atoms with Crippen molar-refractivity contribution in [2.24, 2.45) is 0 Å². The lowest BCUT2D eigenvalue weighted by Crippen LogP contribution is -2.20. The van der Waals surface area contributed by atoms with Crippen LogP contribution in [0, 0.1) is 0 Å². The second-order valence-corrected chi connectivity index (χ2v) is 4.89. The van der Waals surface area contributed by atoms with E-state index in [0.717, 1.165) is 6.42 Å². The molecule has 2 aromatic rings. The van der Waals surface area contributed by atoms with Gasteiger partial charge in [0.2, 0.25) is 11.9 Å². The second-order valence-electron chi connectivity index (χ2n) is 4.11. The Morgan fingerprint density at radius 2 is 2.26 bits per heavy atom. The average molecular weight is 279 g/mol. The molecule has 6 nitrogen and oxygen atoms in total. The molecule has 1 unspecified atom stereocenters. The Kier molecular flexibility index (Phi) is 4.51. The van der Waals surface area contributed by atoms with E-state index in [2.05, 4.69) is 44.0 Å². The summed E-state index contributed by atoms with van der Waals surface area (Å²) in [5, 5.41) is 7.40. The van der Waals surface area contributed by atoms with Crippen molar-refractivity contribution >= 4 is 23.2 Å². The van der Waals surface area contributed by atoms with E-state index < -0.39 is 0 Å². The predicted molar refractivity (Wildman–Crippen MR) is 76.5 cm³/mol. The molecule has 0 fully saturated rings. The minimum Gasteiger partial charge on any atom is -0.464 e. The zero-order chi connectivity index (χ0) is 13.7. The van der Waals surface area contributed by atoms with E-state index in [1.54, 1.807) is 11.3 Å². The van der Waals surface area contributed by atoms with Crippen molar-refractivity contribution in [2.45, 2.75) is 26.3 Å². The van der Waals surface area contributed by atoms with E-state index in [0.29, 0.717) is 12.6 Å². The third-order valence-electron chi connectivity index (χ3n) is 2.40. The minimum atomic E-state index is 0.156. The SMILES string of the molecule is CCOc1nc(N)nc(NC(C)Cc2ccsc2)n1. The van der Waals surface area contributed by atoms with Gasteiger partial charge in [0.05, 0.1) is 6.61 Å². The molecule has 0 amide bonds. The maximum absolute atomic E-state index is 5.62. The molecule has 0 aliphatic heterocycles. The molecule has 3 N–H and O–H groups in total. The molecule has 0 saturated carbocycles. The van der Waals surface area contributed by atoms with Crippen molar-refractivity contribution in [1.82, 2.24) is 15.0 Å². The van der Waals surface area contributed by atoms with Gasteiger partial charge in [-0.25, -0.2) is 0 Å². The number of rotatable bonds is 6. The van der Waals surface area contributed by atoms with Gasteiger partial charge in [0, 0.05) is 6.04 Å². The quantitative estimate of drug-likeness (QED) is 0.840. The molecule has 0 radical (unpaired) electrons. The molecule has 7 heteroatoms. The second kappa shape index (κ2) is 6.33. The lowest BCUT2D eigenvalue weighted by molar-refractivity contribution is 0.312. The van der Waals surface area contributed by atoms with Crippen LogP contribution in [-0.4, -0.2) is 27.6 Å². The molecular formula is C12H17N5OS. The zero-order valence-electron chi connectivity index (χ0n) is 11.0. The van der Waals surface area contributed by atoms with Crippen molar-refractivity contribution in [1.29, 1.82) is 0 Å². The molecule has 1 atom stereocenters. The number of hydrogen-bond acceptors (Lipinski definition) is 7. The van der Waals surface area contributed by atoms with Gasteiger partial charge in [0.25, 0.3) is 0 Å². The van der Waals surface area contributed by atoms with E-state index in [-0.39, 0.29) is 18.0 Å². The van der Waals surface area contributed by atoms with Crippen LogP contribution in [0.5, 0.6) is 6.01 Å². The highest BCUT2D eigenvalue weighted by Gasteiger charge is 2.09. The molecular weight excluding hydrogens is 262 g/mol. The Labute approximate surface area is 116 Å². The largest absolute Gasteiger partial charge is 0.464 e. The highest BCUT2D eigenvalue weighted by Crippen LogP contribution is 2.13. The normalized spacial score (nSPS) is 12.1. The van der Waals surface area contributed by atoms with Crippen LogP contribution in [0.15, 0.2) is 16.8 Å². The molecule has 0 saturated heterocycles. The summed E-state index contributed by atoms with van der Waals surface area (Å²) < 4.78 is 5.23. The molecule has 0 bridgehead atoms. The van der Waals surface area contributed by atoms with Gasteiger partial charge in [-0.15, -0.1) is 0 Å². The predicted octanol–water partition coefficient (Wildman–Crippen LogP) is 1.96. The van der Waals surface area contributed by atoms with Crippen molar-refractivity contribution in [3.05, 3.63) is 22.4 Å². The van der Waals surface area contributed by atoms with E-state index in [1.165, 1.54) is 5.56 Å². The number of hydrogen-bond donors (Lipinski definition) is 2. The number of nitrogen functional groups attached to an aromatic ring is 1. The van der Waals surface area contributed by atoms with E-state index in [9.17, 15) is 0 Å². The van der Waals surface area contributed by atoms with E-state index in [4.69, 9.17) is 10.5 Å². The number of nitrogens with zero attached hydrogens (tertiary/aromatic N) is 3. The smallest absolute Gasteiger partial charge is 0.323 e. The van der Waals surface area contributed by atoms with Crippen LogP contribution in [0.2, 0.25) is 0 Å². The molecule has 2 rings (SSSR count). The number of thiophene rings is 1. The van der Waals surface area contributed by atoms with Gasteiger partial charge in [-0.3, -0.25) is 0 Å². The van der Waals surface area contributed by atoms with Crippen molar-refractivity contribution in [2.75, 3.05) is 17.7 Å². The van der Waals surface area contributed by atoms with Gasteiger partial charge < -0.3 is 15.8 Å². The first-order valence-corrected chi connectivity index (χ1v) is 7.03. The summed E-state index contributed by atoms with van der Waals surface area (Å²) >= 11 is 1.69. The minimum absolute atomic E-state index is 0.156. The molecule has 0 aromatic carbocycles. The summed E-state index contributed by atoms with van der Waals surface area (Å²) in [6, 6.07) is 2.56. The van der Waals surface area contributed by atoms with E-state index in [1.807, 2.05) is 6.92 Å². The Balaban J connectivity index is 2.01. The number of aromatic nitrogens is 3. The fourth-order valence-electron chi connectivity index (χ4n) is 1.66. The number of nitrogens with two attached hydrogens (primary N) is 1. The molecule has 0 aliphatic carbocycles. The zero-order valence-corrected chi connectivity index (χ0v) is 11.8. The van der Waals surface area contributed by atoms with Crippen LogP contribution in [0.1, 0.15) is 19.4 Å². The van der Waals surface area contributed by atoms with Crippen LogP contribution in [0.25, 0.3) is 0 Å². The Hall–Kier alpha value is -1.89. The molecule has 19 heavy (non-hydrogen) atoms. The summed E-state index contributed by atoms with van der Waals surface area (Å²) in [5.41, 5.74) is 6.91. The van der Waals surface area contributed by atoms with Crippen LogP contribution in [0.4, 0.5) is 11.9 Å². The summed E-state index contributed by atoms with van der Waals surface area (Å²) in [5.74, 6) is 0.599. The lowest BCUT2D eigenvalue weighted by atomic mass is 10.1. The standard InChI is InChI=1S/C12H17N5OS/c1-3-18-12-16-10(13)15-11(17-12)14-8(2)6-9-4-5-19-7-9/h4-5,7-8H,3,6H2,1-2H3,(H3,13,14,15,16,17). The Bertz CT molecular complexity index is 517. The highest BCUT2D eigenvalue weighted by atomic mass is 32.1. The highest BCUT2D eigenvalue weighted by molar-refractivity contribution is 7.07. The van der Waals surface area contributed by atoms with Crippen molar-refractivity contribution in [3.8, 4) is 6.01 Å². The summed E-state index contributed by atoms with van der Waals surface area (Å²) in [7, 11) is 0. The summed E-state index contributed by atoms with van der Waals surface area (Å²) in [4.78, 5) is 12.1. The van der Waals surface area contributed by atoms with Gasteiger partial charge in [0.15, 0.2) is 0 Å². The first-order valence-electron chi connectivity index (χ1n) is 6.09. The van der Waals surface area contributed by atoms with E-state index >= 15 is 0 Å². The summed E-state index contributed by atoms with van der Waals surface area (Å²) in [6.07, 6.45) is 0.902. The maximum atomic E-state index is 5.62. The first-order chi connectivity index (χ1) is 9.17. The molecule has 102 valence electrons. The van der Waals surface area contributed by atoms with Gasteiger partial charge in [0.1, 0.15) is 0 Å². The first kappa shape index (κ1) is 13.5. The van der Waals surface area contributed by atoms with Crippen LogP contribution >= 0.6 is 11.3 Å². The van der Waals surface area contributed by atoms with Gasteiger partial charge in [-0.05, 0) is 42.7 Å². The van der Waals surface area contributed by atoms with Gasteiger partial charge in [-0.1, -0.05) is 0 Å². The van der Waals surface area contributed by atoms with Crippen LogP contribution < -0.4 is 15.8 Å². The molecule has 2 aromatic heterocycles. The topological polar surface area (TPSA) is 86.0 Å².